The minimum Gasteiger partial charge on any atom is -0.325 e. The van der Waals surface area contributed by atoms with Crippen molar-refractivity contribution in [3.8, 4) is 11.4 Å². The third kappa shape index (κ3) is 2.84. The standard InChI is InChI=1S/C11H10F3N5/c1-6-3-16-9(19-8(6)2-15)7-4-17-10(18-5-7)11(12,13)14/h3-5H,2,15H2,1H3. The van der Waals surface area contributed by atoms with Crippen molar-refractivity contribution in [2.45, 2.75) is 19.6 Å². The van der Waals surface area contributed by atoms with Crippen molar-refractivity contribution in [1.29, 1.82) is 0 Å². The number of aromatic nitrogens is 4. The Morgan fingerprint density at radius 1 is 1.11 bits per heavy atom. The number of hydrogen-bond donors (Lipinski definition) is 1. The fourth-order valence-electron chi connectivity index (χ4n) is 1.41. The summed E-state index contributed by atoms with van der Waals surface area (Å²) in [7, 11) is 0. The number of nitrogens with two attached hydrogens (primary N) is 1. The lowest BCUT2D eigenvalue weighted by atomic mass is 10.2. The summed E-state index contributed by atoms with van der Waals surface area (Å²) in [5.74, 6) is -0.942. The third-order valence-corrected chi connectivity index (χ3v) is 2.43. The Labute approximate surface area is 106 Å². The highest BCUT2D eigenvalue weighted by Crippen LogP contribution is 2.26. The van der Waals surface area contributed by atoms with E-state index in [1.165, 1.54) is 0 Å². The maximum absolute atomic E-state index is 12.3. The fraction of sp³-hybridized carbons (Fsp3) is 0.273. The van der Waals surface area contributed by atoms with Crippen molar-refractivity contribution in [2.75, 3.05) is 0 Å². The molecular formula is C11H10F3N5. The number of rotatable bonds is 2. The Bertz CT molecular complexity index is 580. The van der Waals surface area contributed by atoms with E-state index in [-0.39, 0.29) is 12.4 Å². The first kappa shape index (κ1) is 13.3. The van der Waals surface area contributed by atoms with Gasteiger partial charge in [-0.15, -0.1) is 0 Å². The van der Waals surface area contributed by atoms with Gasteiger partial charge in [-0.25, -0.2) is 19.9 Å². The Morgan fingerprint density at radius 3 is 2.26 bits per heavy atom. The molecule has 0 aliphatic rings. The van der Waals surface area contributed by atoms with Gasteiger partial charge in [0.1, 0.15) is 0 Å². The molecule has 0 amide bonds. The van der Waals surface area contributed by atoms with Crippen LogP contribution in [0.15, 0.2) is 18.6 Å². The van der Waals surface area contributed by atoms with Gasteiger partial charge in [0.25, 0.3) is 0 Å². The van der Waals surface area contributed by atoms with Gasteiger partial charge in [0, 0.05) is 25.1 Å². The molecule has 0 atom stereocenters. The molecule has 0 saturated carbocycles. The molecule has 5 nitrogen and oxygen atoms in total. The zero-order valence-electron chi connectivity index (χ0n) is 9.94. The lowest BCUT2D eigenvalue weighted by Gasteiger charge is -2.06. The maximum Gasteiger partial charge on any atom is 0.451 e. The molecule has 2 N–H and O–H groups in total. The molecule has 0 spiro atoms. The first-order valence-electron chi connectivity index (χ1n) is 5.34. The zero-order chi connectivity index (χ0) is 14.0. The van der Waals surface area contributed by atoms with E-state index in [2.05, 4.69) is 19.9 Å². The second kappa shape index (κ2) is 4.88. The minimum atomic E-state index is -4.56. The first-order chi connectivity index (χ1) is 8.91. The van der Waals surface area contributed by atoms with E-state index in [9.17, 15) is 13.2 Å². The highest BCUT2D eigenvalue weighted by Gasteiger charge is 2.34. The molecule has 100 valence electrons. The topological polar surface area (TPSA) is 77.6 Å². The predicted molar refractivity (Wildman–Crippen MR) is 60.7 cm³/mol. The summed E-state index contributed by atoms with van der Waals surface area (Å²) >= 11 is 0. The van der Waals surface area contributed by atoms with Gasteiger partial charge >= 0.3 is 6.18 Å². The largest absolute Gasteiger partial charge is 0.451 e. The molecule has 19 heavy (non-hydrogen) atoms. The van der Waals surface area contributed by atoms with Crippen LogP contribution < -0.4 is 5.73 Å². The molecule has 0 aliphatic carbocycles. The molecule has 8 heteroatoms. The van der Waals surface area contributed by atoms with Gasteiger partial charge in [-0.1, -0.05) is 0 Å². The molecule has 0 bridgehead atoms. The van der Waals surface area contributed by atoms with Crippen LogP contribution in [0, 0.1) is 6.92 Å². The van der Waals surface area contributed by atoms with Crippen LogP contribution in [0.5, 0.6) is 0 Å². The highest BCUT2D eigenvalue weighted by molar-refractivity contribution is 5.52. The van der Waals surface area contributed by atoms with E-state index in [1.54, 1.807) is 13.1 Å². The SMILES string of the molecule is Cc1cnc(-c2cnc(C(F)(F)F)nc2)nc1CN. The van der Waals surface area contributed by atoms with E-state index in [1.807, 2.05) is 0 Å². The Balaban J connectivity index is 2.37. The molecule has 2 heterocycles. The average Bonchev–Trinajstić information content (AvgIpc) is 2.38. The van der Waals surface area contributed by atoms with Crippen LogP contribution in [0.1, 0.15) is 17.1 Å². The van der Waals surface area contributed by atoms with Gasteiger partial charge in [0.2, 0.25) is 5.82 Å². The lowest BCUT2D eigenvalue weighted by Crippen LogP contribution is -2.11. The van der Waals surface area contributed by atoms with E-state index < -0.39 is 12.0 Å². The van der Waals surface area contributed by atoms with Crippen LogP contribution in [-0.4, -0.2) is 19.9 Å². The van der Waals surface area contributed by atoms with Crippen LogP contribution in [0.3, 0.4) is 0 Å². The van der Waals surface area contributed by atoms with E-state index in [4.69, 9.17) is 5.73 Å². The number of hydrogen-bond acceptors (Lipinski definition) is 5. The fourth-order valence-corrected chi connectivity index (χ4v) is 1.41. The Hall–Kier alpha value is -2.09. The van der Waals surface area contributed by atoms with E-state index in [0.29, 0.717) is 11.3 Å². The summed E-state index contributed by atoms with van der Waals surface area (Å²) in [5, 5.41) is 0. The summed E-state index contributed by atoms with van der Waals surface area (Å²) in [5.41, 5.74) is 7.26. The van der Waals surface area contributed by atoms with Gasteiger partial charge in [0.15, 0.2) is 5.82 Å². The number of aryl methyl sites for hydroxylation is 1. The molecule has 2 rings (SSSR count). The van der Waals surface area contributed by atoms with E-state index >= 15 is 0 Å². The second-order valence-electron chi connectivity index (χ2n) is 3.82. The number of alkyl halides is 3. The number of halogens is 3. The van der Waals surface area contributed by atoms with Crippen molar-refractivity contribution in [2.24, 2.45) is 5.73 Å². The molecule has 0 saturated heterocycles. The molecule has 2 aromatic heterocycles. The summed E-state index contributed by atoms with van der Waals surface area (Å²) in [6.45, 7) is 2.03. The van der Waals surface area contributed by atoms with Crippen LogP contribution in [0.2, 0.25) is 0 Å². The molecule has 0 aromatic carbocycles. The van der Waals surface area contributed by atoms with Crippen molar-refractivity contribution in [1.82, 2.24) is 19.9 Å². The van der Waals surface area contributed by atoms with E-state index in [0.717, 1.165) is 18.0 Å². The Morgan fingerprint density at radius 2 is 1.74 bits per heavy atom. The summed E-state index contributed by atoms with van der Waals surface area (Å²) in [4.78, 5) is 14.7. The second-order valence-corrected chi connectivity index (χ2v) is 3.82. The minimum absolute atomic E-state index is 0.225. The zero-order valence-corrected chi connectivity index (χ0v) is 9.94. The number of nitrogens with zero attached hydrogens (tertiary/aromatic N) is 4. The van der Waals surface area contributed by atoms with Crippen LogP contribution in [0.4, 0.5) is 13.2 Å². The monoisotopic (exact) mass is 269 g/mol. The highest BCUT2D eigenvalue weighted by atomic mass is 19.4. The summed E-state index contributed by atoms with van der Waals surface area (Å²) in [6.07, 6.45) is -0.918. The van der Waals surface area contributed by atoms with Gasteiger partial charge in [-0.05, 0) is 12.5 Å². The molecule has 2 aromatic rings. The molecular weight excluding hydrogens is 259 g/mol. The predicted octanol–water partition coefficient (Wildman–Crippen LogP) is 1.72. The van der Waals surface area contributed by atoms with Gasteiger partial charge < -0.3 is 5.73 Å². The Kier molecular flexibility index (Phi) is 3.43. The first-order valence-corrected chi connectivity index (χ1v) is 5.34. The lowest BCUT2D eigenvalue weighted by molar-refractivity contribution is -0.144. The third-order valence-electron chi connectivity index (χ3n) is 2.43. The molecule has 0 fully saturated rings. The normalized spacial score (nSPS) is 11.6. The molecule has 0 aliphatic heterocycles. The summed E-state index contributed by atoms with van der Waals surface area (Å²) in [6, 6.07) is 0. The molecule has 0 unspecified atom stereocenters. The van der Waals surface area contributed by atoms with Crippen LogP contribution >= 0.6 is 0 Å². The van der Waals surface area contributed by atoms with Crippen molar-refractivity contribution in [3.63, 3.8) is 0 Å². The van der Waals surface area contributed by atoms with Gasteiger partial charge in [0.05, 0.1) is 11.3 Å². The summed E-state index contributed by atoms with van der Waals surface area (Å²) < 4.78 is 37.0. The van der Waals surface area contributed by atoms with Crippen molar-refractivity contribution >= 4 is 0 Å². The van der Waals surface area contributed by atoms with Crippen molar-refractivity contribution < 1.29 is 13.2 Å². The van der Waals surface area contributed by atoms with Gasteiger partial charge in [-0.2, -0.15) is 13.2 Å². The smallest absolute Gasteiger partial charge is 0.325 e. The van der Waals surface area contributed by atoms with Crippen LogP contribution in [-0.2, 0) is 12.7 Å². The average molecular weight is 269 g/mol. The molecule has 0 radical (unpaired) electrons. The maximum atomic E-state index is 12.3. The quantitative estimate of drug-likeness (QED) is 0.898. The van der Waals surface area contributed by atoms with Gasteiger partial charge in [-0.3, -0.25) is 0 Å². The van der Waals surface area contributed by atoms with Crippen molar-refractivity contribution in [3.05, 3.63) is 35.7 Å². The van der Waals surface area contributed by atoms with Crippen LogP contribution in [0.25, 0.3) is 11.4 Å².